The summed E-state index contributed by atoms with van der Waals surface area (Å²) in [6.45, 7) is 4.78. The van der Waals surface area contributed by atoms with Crippen LogP contribution < -0.4 is 25.8 Å². The summed E-state index contributed by atoms with van der Waals surface area (Å²) in [7, 11) is 3.04. The Balaban J connectivity index is 0.000000752. The summed E-state index contributed by atoms with van der Waals surface area (Å²) in [5.74, 6) is -1.03. The van der Waals surface area contributed by atoms with Crippen LogP contribution in [0.4, 0.5) is 5.69 Å². The van der Waals surface area contributed by atoms with Gasteiger partial charge in [-0.3, -0.25) is 39.0 Å². The average molecular weight is 882 g/mol. The number of piperidine rings is 1. The second-order valence-corrected chi connectivity index (χ2v) is 16.4. The Hall–Kier alpha value is -6.32. The lowest BCUT2D eigenvalue weighted by atomic mass is 9.98. The van der Waals surface area contributed by atoms with Gasteiger partial charge < -0.3 is 24.1 Å². The highest BCUT2D eigenvalue weighted by molar-refractivity contribution is 6.31. The molecule has 0 radical (unpaired) electrons. The number of carbonyl (C=O) groups is 5. The van der Waals surface area contributed by atoms with Crippen molar-refractivity contribution in [2.24, 2.45) is 7.05 Å². The number of imide groups is 1. The number of carbonyl (C=O) groups excluding carboxylic acids is 5. The first-order valence-corrected chi connectivity index (χ1v) is 21.1. The van der Waals surface area contributed by atoms with Gasteiger partial charge in [0.25, 0.3) is 23.3 Å². The van der Waals surface area contributed by atoms with Crippen LogP contribution in [0.5, 0.6) is 5.88 Å². The molecule has 0 bridgehead atoms. The summed E-state index contributed by atoms with van der Waals surface area (Å²) < 4.78 is 8.80. The van der Waals surface area contributed by atoms with Gasteiger partial charge in [-0.25, -0.2) is 9.97 Å². The quantitative estimate of drug-likeness (QED) is 0.108. The molecule has 6 heterocycles. The Morgan fingerprint density at radius 1 is 0.935 bits per heavy atom. The minimum atomic E-state index is -0.655. The minimum absolute atomic E-state index is 0.108. The van der Waals surface area contributed by atoms with Crippen molar-refractivity contribution in [3.8, 4) is 17.3 Å². The molecule has 322 valence electrons. The van der Waals surface area contributed by atoms with Crippen molar-refractivity contribution >= 4 is 58.4 Å². The van der Waals surface area contributed by atoms with Crippen molar-refractivity contribution in [3.63, 3.8) is 0 Å². The number of pyridine rings is 2. The van der Waals surface area contributed by atoms with Gasteiger partial charge in [-0.15, -0.1) is 0 Å². The SMILES string of the molecule is COc1ncc(C(=O)NCCCCCc2cccc3c2CN(C2CCC(=O)NC2=O)C3=O)cc1-c1nc2c(n1C(C)C)CN(c1cc(Cl)cn(C)c1=O)C2=O.Clc1ccccc1. The highest BCUT2D eigenvalue weighted by atomic mass is 35.5. The van der Waals surface area contributed by atoms with Crippen molar-refractivity contribution in [2.45, 2.75) is 77.5 Å². The zero-order valence-electron chi connectivity index (χ0n) is 34.7. The van der Waals surface area contributed by atoms with E-state index < -0.39 is 17.9 Å². The van der Waals surface area contributed by atoms with Crippen LogP contribution >= 0.6 is 23.2 Å². The number of benzene rings is 2. The van der Waals surface area contributed by atoms with Crippen LogP contribution in [0.15, 0.2) is 77.9 Å². The smallest absolute Gasteiger partial charge is 0.279 e. The van der Waals surface area contributed by atoms with Gasteiger partial charge in [-0.1, -0.05) is 60.0 Å². The molecule has 0 saturated carbocycles. The summed E-state index contributed by atoms with van der Waals surface area (Å²) in [5.41, 5.74) is 3.93. The van der Waals surface area contributed by atoms with Crippen LogP contribution in [0.2, 0.25) is 10.0 Å². The first-order chi connectivity index (χ1) is 29.8. The predicted octanol–water partition coefficient (Wildman–Crippen LogP) is 6.29. The zero-order valence-corrected chi connectivity index (χ0v) is 36.3. The minimum Gasteiger partial charge on any atom is -0.480 e. The molecule has 2 aromatic carbocycles. The first kappa shape index (κ1) is 43.8. The molecule has 1 unspecified atom stereocenters. The normalized spacial score (nSPS) is 15.6. The molecule has 5 amide bonds. The van der Waals surface area contributed by atoms with Crippen LogP contribution in [-0.2, 0) is 36.1 Å². The zero-order chi connectivity index (χ0) is 44.2. The fourth-order valence-electron chi connectivity index (χ4n) is 8.05. The number of halogens is 2. The van der Waals surface area contributed by atoms with Gasteiger partial charge in [0.2, 0.25) is 17.7 Å². The number of aromatic nitrogens is 4. The number of hydrogen-bond acceptors (Lipinski definition) is 9. The summed E-state index contributed by atoms with van der Waals surface area (Å²) in [5, 5.41) is 6.43. The summed E-state index contributed by atoms with van der Waals surface area (Å²) >= 11 is 11.8. The molecule has 3 aliphatic rings. The standard InChI is InChI=1S/C39H41ClN8O7.C6H5Cl/c1-21(2)48-30-20-47(29-16-24(40)18-45(3)38(29)53)39(54)32(30)44-33(48)26-15-23(17-42-36(26)55-4)34(50)41-14-7-5-6-9-22-10-8-11-25-27(22)19-46(37(25)52)28-12-13-31(49)43-35(28)51;7-6-4-2-1-3-5-6/h8,10-11,15-18,21,28H,5-7,9,12-14,19-20H2,1-4H3,(H,41,50)(H,43,49,51);1-5H. The van der Waals surface area contributed by atoms with Gasteiger partial charge in [0.1, 0.15) is 17.6 Å². The summed E-state index contributed by atoms with van der Waals surface area (Å²) in [6, 6.07) is 17.4. The number of anilines is 1. The number of aryl methyl sites for hydroxylation is 2. The number of fused-ring (bicyclic) bond motifs is 2. The van der Waals surface area contributed by atoms with E-state index in [1.54, 1.807) is 24.1 Å². The van der Waals surface area contributed by atoms with Crippen LogP contribution in [0, 0.1) is 0 Å². The Morgan fingerprint density at radius 3 is 2.40 bits per heavy atom. The molecule has 1 saturated heterocycles. The third-order valence-electron chi connectivity index (χ3n) is 11.1. The topological polar surface area (TPSA) is 178 Å². The van der Waals surface area contributed by atoms with E-state index in [4.69, 9.17) is 32.9 Å². The number of unbranched alkanes of at least 4 members (excludes halogenated alkanes) is 2. The van der Waals surface area contributed by atoms with E-state index in [1.807, 2.05) is 60.9 Å². The van der Waals surface area contributed by atoms with Crippen molar-refractivity contribution in [1.82, 2.24) is 34.6 Å². The van der Waals surface area contributed by atoms with Gasteiger partial charge in [0, 0.05) is 55.6 Å². The highest BCUT2D eigenvalue weighted by Crippen LogP contribution is 2.37. The Kier molecular flexibility index (Phi) is 13.2. The molecule has 1 fully saturated rings. The molecule has 2 N–H and O–H groups in total. The van der Waals surface area contributed by atoms with E-state index in [1.165, 1.54) is 35.0 Å². The van der Waals surface area contributed by atoms with E-state index in [0.29, 0.717) is 52.7 Å². The van der Waals surface area contributed by atoms with Crippen LogP contribution in [0.25, 0.3) is 11.4 Å². The summed E-state index contributed by atoms with van der Waals surface area (Å²) in [4.78, 5) is 89.2. The van der Waals surface area contributed by atoms with E-state index in [0.717, 1.165) is 41.8 Å². The largest absolute Gasteiger partial charge is 0.480 e. The van der Waals surface area contributed by atoms with Crippen molar-refractivity contribution in [1.29, 1.82) is 0 Å². The fraction of sp³-hybridized carbons (Fsp3) is 0.333. The third-order valence-corrected chi connectivity index (χ3v) is 11.5. The first-order valence-electron chi connectivity index (χ1n) is 20.3. The van der Waals surface area contributed by atoms with Gasteiger partial charge in [0.15, 0.2) is 5.69 Å². The highest BCUT2D eigenvalue weighted by Gasteiger charge is 2.40. The fourth-order valence-corrected chi connectivity index (χ4v) is 8.44. The maximum atomic E-state index is 13.7. The Morgan fingerprint density at radius 2 is 1.71 bits per heavy atom. The third kappa shape index (κ3) is 9.00. The van der Waals surface area contributed by atoms with Gasteiger partial charge in [0.05, 0.1) is 35.5 Å². The van der Waals surface area contributed by atoms with Crippen molar-refractivity contribution in [2.75, 3.05) is 18.6 Å². The Bertz CT molecular complexity index is 2630. The molecular weight excluding hydrogens is 835 g/mol. The lowest BCUT2D eigenvalue weighted by Gasteiger charge is -2.29. The Labute approximate surface area is 368 Å². The van der Waals surface area contributed by atoms with E-state index in [2.05, 4.69) is 15.6 Å². The maximum Gasteiger partial charge on any atom is 0.279 e. The molecule has 62 heavy (non-hydrogen) atoms. The second-order valence-electron chi connectivity index (χ2n) is 15.5. The molecule has 5 aromatic rings. The lowest BCUT2D eigenvalue weighted by Crippen LogP contribution is -2.52. The van der Waals surface area contributed by atoms with Gasteiger partial charge >= 0.3 is 0 Å². The van der Waals surface area contributed by atoms with Crippen LogP contribution in [-0.4, -0.2) is 73.2 Å². The number of ether oxygens (including phenoxy) is 1. The average Bonchev–Trinajstić information content (AvgIpc) is 3.90. The number of imidazole rings is 1. The second kappa shape index (κ2) is 18.7. The molecule has 8 rings (SSSR count). The number of nitrogens with zero attached hydrogens (tertiary/aromatic N) is 6. The van der Waals surface area contributed by atoms with Crippen molar-refractivity contribution in [3.05, 3.63) is 127 Å². The molecule has 0 spiro atoms. The number of amides is 5. The van der Waals surface area contributed by atoms with Gasteiger partial charge in [-0.2, -0.15) is 0 Å². The molecule has 1 atom stereocenters. The van der Waals surface area contributed by atoms with Crippen molar-refractivity contribution < 1.29 is 28.7 Å². The predicted molar refractivity (Wildman–Crippen MR) is 233 cm³/mol. The molecular formula is C45H46Cl2N8O7. The number of rotatable bonds is 12. The molecule has 3 aromatic heterocycles. The molecule has 17 heteroatoms. The van der Waals surface area contributed by atoms with E-state index >= 15 is 0 Å². The monoisotopic (exact) mass is 880 g/mol. The van der Waals surface area contributed by atoms with Crippen LogP contribution in [0.3, 0.4) is 0 Å². The van der Waals surface area contributed by atoms with E-state index in [9.17, 15) is 28.8 Å². The maximum absolute atomic E-state index is 13.7. The van der Waals surface area contributed by atoms with E-state index in [-0.39, 0.29) is 59.5 Å². The molecule has 3 aliphatic heterocycles. The molecule has 0 aliphatic carbocycles. The van der Waals surface area contributed by atoms with Gasteiger partial charge in [-0.05, 0) is 81.0 Å². The van der Waals surface area contributed by atoms with Crippen LogP contribution in [0.1, 0.15) is 100 Å². The number of nitrogens with one attached hydrogen (secondary N) is 2. The molecule has 15 nitrogen and oxygen atoms in total. The summed E-state index contributed by atoms with van der Waals surface area (Å²) in [6.07, 6.45) is 6.56. The number of hydrogen-bond donors (Lipinski definition) is 2. The number of methoxy groups -OCH3 is 1. The lowest BCUT2D eigenvalue weighted by molar-refractivity contribution is -0.136.